The standard InChI is InChI=1S/C46H83NO18/c1-3-5-7-9-11-12-13-14-15-16-17-18-20-22-24-34(52)47-29(30(51)23-21-19-10-8-6-4-2)28-60-44-40(58)37(55)42(32(26-49)62-44)65-46-41(59)38(56)43(33(27-50)63-46)64-45-39(57)36(54)35(53)31(25-48)61-45/h13-14,21,23,29-33,35-46,48-51,53-59H,3-12,15-20,22,24-28H2,1-2H3,(H,47,52)/b14-13-,23-21+. The lowest BCUT2D eigenvalue weighted by Gasteiger charge is -2.48. The molecule has 0 aromatic rings. The Morgan fingerprint density at radius 3 is 1.51 bits per heavy atom. The van der Waals surface area contributed by atoms with Gasteiger partial charge in [0.15, 0.2) is 18.9 Å². The number of rotatable bonds is 32. The first-order valence-electron chi connectivity index (χ1n) is 24.1. The second-order valence-corrected chi connectivity index (χ2v) is 17.6. The molecule has 0 saturated carbocycles. The smallest absolute Gasteiger partial charge is 0.220 e. The minimum Gasteiger partial charge on any atom is -0.394 e. The maximum atomic E-state index is 13.1. The van der Waals surface area contributed by atoms with Crippen molar-refractivity contribution in [2.24, 2.45) is 0 Å². The van der Waals surface area contributed by atoms with E-state index in [9.17, 15) is 61.0 Å². The fourth-order valence-electron chi connectivity index (χ4n) is 8.12. The number of carbonyl (C=O) groups is 1. The molecule has 0 aromatic carbocycles. The SMILES string of the molecule is CCCCCC/C=C/C(O)C(COC1OC(CO)C(OC2OC(CO)C(OC3OC(CO)C(O)C(O)C3O)C(O)C2O)C(O)C1O)NC(=O)CCCCCCC/C=C\CCCCCCC. The van der Waals surface area contributed by atoms with Crippen molar-refractivity contribution in [1.82, 2.24) is 5.32 Å². The lowest BCUT2D eigenvalue weighted by molar-refractivity contribution is -0.379. The van der Waals surface area contributed by atoms with Gasteiger partial charge in [0.1, 0.15) is 73.2 Å². The van der Waals surface area contributed by atoms with Crippen molar-refractivity contribution in [2.75, 3.05) is 26.4 Å². The molecule has 0 radical (unpaired) electrons. The summed E-state index contributed by atoms with van der Waals surface area (Å²) in [5.41, 5.74) is 0. The Hall–Kier alpha value is -1.73. The van der Waals surface area contributed by atoms with Gasteiger partial charge in [-0.15, -0.1) is 0 Å². The Balaban J connectivity index is 1.55. The van der Waals surface area contributed by atoms with Crippen molar-refractivity contribution in [2.45, 2.75) is 234 Å². The number of ether oxygens (including phenoxy) is 6. The third kappa shape index (κ3) is 18.9. The fourth-order valence-corrected chi connectivity index (χ4v) is 8.12. The van der Waals surface area contributed by atoms with Gasteiger partial charge in [0.25, 0.3) is 0 Å². The Labute approximate surface area is 384 Å². The number of amides is 1. The summed E-state index contributed by atoms with van der Waals surface area (Å²) < 4.78 is 33.9. The highest BCUT2D eigenvalue weighted by molar-refractivity contribution is 5.76. The predicted octanol–water partition coefficient (Wildman–Crippen LogP) is 0.471. The van der Waals surface area contributed by atoms with E-state index in [0.29, 0.717) is 6.42 Å². The van der Waals surface area contributed by atoms with Crippen molar-refractivity contribution in [3.63, 3.8) is 0 Å². The highest BCUT2D eigenvalue weighted by Gasteiger charge is 2.53. The first-order chi connectivity index (χ1) is 31.3. The van der Waals surface area contributed by atoms with E-state index in [1.54, 1.807) is 6.08 Å². The molecule has 3 rings (SSSR count). The van der Waals surface area contributed by atoms with Crippen LogP contribution in [0.4, 0.5) is 0 Å². The highest BCUT2D eigenvalue weighted by Crippen LogP contribution is 2.33. The summed E-state index contributed by atoms with van der Waals surface area (Å²) in [6, 6.07) is -0.969. The quantitative estimate of drug-likeness (QED) is 0.0322. The molecule has 12 N–H and O–H groups in total. The summed E-state index contributed by atoms with van der Waals surface area (Å²) >= 11 is 0. The van der Waals surface area contributed by atoms with E-state index >= 15 is 0 Å². The molecule has 380 valence electrons. The fraction of sp³-hybridized carbons (Fsp3) is 0.891. The van der Waals surface area contributed by atoms with E-state index in [1.165, 1.54) is 32.1 Å². The van der Waals surface area contributed by atoms with Crippen LogP contribution >= 0.6 is 0 Å². The Bertz CT molecular complexity index is 1310. The van der Waals surface area contributed by atoms with Crippen LogP contribution in [-0.4, -0.2) is 193 Å². The molecule has 0 aromatic heterocycles. The van der Waals surface area contributed by atoms with E-state index in [2.05, 4.69) is 31.3 Å². The van der Waals surface area contributed by atoms with Crippen LogP contribution in [0.2, 0.25) is 0 Å². The summed E-state index contributed by atoms with van der Waals surface area (Å²) in [7, 11) is 0. The molecule has 3 aliphatic heterocycles. The van der Waals surface area contributed by atoms with Gasteiger partial charge in [-0.25, -0.2) is 0 Å². The van der Waals surface area contributed by atoms with Crippen LogP contribution < -0.4 is 5.32 Å². The zero-order valence-corrected chi connectivity index (χ0v) is 38.5. The minimum atomic E-state index is -1.97. The topological polar surface area (TPSA) is 307 Å². The van der Waals surface area contributed by atoms with Gasteiger partial charge in [-0.3, -0.25) is 4.79 Å². The Kier molecular flexibility index (Phi) is 28.5. The first kappa shape index (κ1) is 57.6. The van der Waals surface area contributed by atoms with Gasteiger partial charge in [-0.1, -0.05) is 102 Å². The van der Waals surface area contributed by atoms with Gasteiger partial charge in [-0.2, -0.15) is 0 Å². The lowest BCUT2D eigenvalue weighted by atomic mass is 9.96. The Morgan fingerprint density at radius 1 is 0.538 bits per heavy atom. The van der Waals surface area contributed by atoms with Crippen molar-refractivity contribution < 1.29 is 89.4 Å². The van der Waals surface area contributed by atoms with Gasteiger partial charge in [0.2, 0.25) is 5.91 Å². The number of carbonyl (C=O) groups excluding carboxylic acids is 1. The average Bonchev–Trinajstić information content (AvgIpc) is 3.30. The van der Waals surface area contributed by atoms with Crippen LogP contribution in [0.3, 0.4) is 0 Å². The maximum absolute atomic E-state index is 13.1. The first-order valence-corrected chi connectivity index (χ1v) is 24.1. The molecule has 19 nitrogen and oxygen atoms in total. The number of unbranched alkanes of at least 4 members (excludes halogenated alkanes) is 14. The monoisotopic (exact) mass is 938 g/mol. The third-order valence-corrected chi connectivity index (χ3v) is 12.2. The van der Waals surface area contributed by atoms with Crippen molar-refractivity contribution >= 4 is 5.91 Å². The van der Waals surface area contributed by atoms with Gasteiger partial charge in [0, 0.05) is 6.42 Å². The molecular weight excluding hydrogens is 854 g/mol. The molecule has 17 atom stereocenters. The molecule has 3 fully saturated rings. The van der Waals surface area contributed by atoms with Crippen LogP contribution in [0.1, 0.15) is 129 Å². The van der Waals surface area contributed by atoms with E-state index in [4.69, 9.17) is 28.4 Å². The molecule has 3 heterocycles. The summed E-state index contributed by atoms with van der Waals surface area (Å²) in [5.74, 6) is -0.294. The molecule has 17 unspecified atom stereocenters. The Morgan fingerprint density at radius 2 is 0.969 bits per heavy atom. The predicted molar refractivity (Wildman–Crippen MR) is 236 cm³/mol. The molecule has 3 aliphatic rings. The van der Waals surface area contributed by atoms with Crippen molar-refractivity contribution in [3.05, 3.63) is 24.3 Å². The molecule has 0 bridgehead atoms. The summed E-state index contributed by atoms with van der Waals surface area (Å²) in [6.07, 6.45) is -0.453. The minimum absolute atomic E-state index is 0.232. The van der Waals surface area contributed by atoms with E-state index in [0.717, 1.165) is 70.6 Å². The maximum Gasteiger partial charge on any atom is 0.220 e. The zero-order valence-electron chi connectivity index (χ0n) is 38.5. The normalized spacial score (nSPS) is 34.3. The number of allylic oxidation sites excluding steroid dienone is 3. The molecule has 0 spiro atoms. The van der Waals surface area contributed by atoms with Crippen LogP contribution in [0.25, 0.3) is 0 Å². The largest absolute Gasteiger partial charge is 0.394 e. The third-order valence-electron chi connectivity index (χ3n) is 12.2. The second kappa shape index (κ2) is 32.2. The van der Waals surface area contributed by atoms with E-state index in [1.807, 2.05) is 6.08 Å². The molecule has 1 amide bonds. The number of hydrogen-bond acceptors (Lipinski definition) is 18. The number of hydrogen-bond donors (Lipinski definition) is 12. The van der Waals surface area contributed by atoms with Gasteiger partial charge < -0.3 is 89.9 Å². The van der Waals surface area contributed by atoms with E-state index in [-0.39, 0.29) is 18.9 Å². The zero-order chi connectivity index (χ0) is 47.7. The molecular formula is C46H83NO18. The number of aliphatic hydroxyl groups is 11. The molecule has 19 heteroatoms. The molecule has 65 heavy (non-hydrogen) atoms. The highest BCUT2D eigenvalue weighted by atomic mass is 16.8. The number of aliphatic hydroxyl groups excluding tert-OH is 11. The number of nitrogens with one attached hydrogen (secondary N) is 1. The van der Waals surface area contributed by atoms with Gasteiger partial charge in [0.05, 0.1) is 38.6 Å². The van der Waals surface area contributed by atoms with Gasteiger partial charge >= 0.3 is 0 Å². The summed E-state index contributed by atoms with van der Waals surface area (Å²) in [5, 5.41) is 119. The van der Waals surface area contributed by atoms with Crippen LogP contribution in [0.5, 0.6) is 0 Å². The molecule has 3 saturated heterocycles. The summed E-state index contributed by atoms with van der Waals surface area (Å²) in [6.45, 7) is 1.56. The van der Waals surface area contributed by atoms with Crippen LogP contribution in [0, 0.1) is 0 Å². The summed E-state index contributed by atoms with van der Waals surface area (Å²) in [4.78, 5) is 13.1. The van der Waals surface area contributed by atoms with Gasteiger partial charge in [-0.05, 0) is 44.9 Å². The average molecular weight is 938 g/mol. The van der Waals surface area contributed by atoms with Crippen LogP contribution in [-0.2, 0) is 33.2 Å². The lowest BCUT2D eigenvalue weighted by Crippen LogP contribution is -2.66. The van der Waals surface area contributed by atoms with Crippen molar-refractivity contribution in [1.29, 1.82) is 0 Å². The van der Waals surface area contributed by atoms with Crippen LogP contribution in [0.15, 0.2) is 24.3 Å². The van der Waals surface area contributed by atoms with Crippen molar-refractivity contribution in [3.8, 4) is 0 Å². The van der Waals surface area contributed by atoms with E-state index < -0.39 is 124 Å². The second-order valence-electron chi connectivity index (χ2n) is 17.6. The molecule has 0 aliphatic carbocycles.